The maximum Gasteiger partial charge on any atom is 0.186 e. The van der Waals surface area contributed by atoms with E-state index in [0.29, 0.717) is 17.8 Å². The number of hydrogen-bond acceptors (Lipinski definition) is 3. The van der Waals surface area contributed by atoms with Gasteiger partial charge in [0.2, 0.25) is 0 Å². The predicted molar refractivity (Wildman–Crippen MR) is 84.6 cm³/mol. The van der Waals surface area contributed by atoms with E-state index in [1.165, 1.54) is 23.3 Å². The van der Waals surface area contributed by atoms with Crippen molar-refractivity contribution in [2.45, 2.75) is 19.8 Å². The Morgan fingerprint density at radius 3 is 2.39 bits per heavy atom. The summed E-state index contributed by atoms with van der Waals surface area (Å²) in [7, 11) is 0. The molecule has 0 atom stereocenters. The lowest BCUT2D eigenvalue weighted by Gasteiger charge is -2.07. The lowest BCUT2D eigenvalue weighted by Crippen LogP contribution is -2.05. The second-order valence-corrected chi connectivity index (χ2v) is 5.37. The van der Waals surface area contributed by atoms with Gasteiger partial charge >= 0.3 is 0 Å². The Morgan fingerprint density at radius 2 is 1.74 bits per heavy atom. The number of nitrogens with zero attached hydrogens (tertiary/aromatic N) is 4. The molecule has 0 amide bonds. The normalized spacial score (nSPS) is 10.5. The van der Waals surface area contributed by atoms with Gasteiger partial charge in [-0.2, -0.15) is 5.26 Å². The fourth-order valence-corrected chi connectivity index (χ4v) is 2.42. The van der Waals surface area contributed by atoms with Gasteiger partial charge in [0.05, 0.1) is 11.4 Å². The summed E-state index contributed by atoms with van der Waals surface area (Å²) >= 11 is 0. The molecule has 0 N–H and O–H groups in total. The number of hydrogen-bond donors (Lipinski definition) is 0. The molecule has 0 radical (unpaired) electrons. The molecule has 0 bridgehead atoms. The Kier molecular flexibility index (Phi) is 4.15. The molecule has 0 saturated heterocycles. The van der Waals surface area contributed by atoms with Gasteiger partial charge in [-0.3, -0.25) is 0 Å². The van der Waals surface area contributed by atoms with Gasteiger partial charge < -0.3 is 0 Å². The molecular weight excluding hydrogens is 291 g/mol. The van der Waals surface area contributed by atoms with E-state index in [2.05, 4.69) is 40.6 Å². The van der Waals surface area contributed by atoms with Gasteiger partial charge in [0.15, 0.2) is 5.69 Å². The van der Waals surface area contributed by atoms with Crippen LogP contribution in [0.25, 0.3) is 5.69 Å². The van der Waals surface area contributed by atoms with Crippen molar-refractivity contribution in [3.8, 4) is 11.8 Å². The molecule has 23 heavy (non-hydrogen) atoms. The molecule has 114 valence electrons. The molecule has 1 aromatic heterocycles. The summed E-state index contributed by atoms with van der Waals surface area (Å²) in [4.78, 5) is 0. The van der Waals surface area contributed by atoms with Crippen molar-refractivity contribution >= 4 is 0 Å². The molecule has 1 heterocycles. The molecule has 3 rings (SSSR count). The van der Waals surface area contributed by atoms with Crippen LogP contribution in [-0.4, -0.2) is 15.0 Å². The van der Waals surface area contributed by atoms with E-state index >= 15 is 0 Å². The van der Waals surface area contributed by atoms with Crippen LogP contribution >= 0.6 is 0 Å². The number of benzene rings is 2. The summed E-state index contributed by atoms with van der Waals surface area (Å²) in [6, 6.07) is 16.3. The van der Waals surface area contributed by atoms with Crippen molar-refractivity contribution in [2.75, 3.05) is 0 Å². The minimum atomic E-state index is -0.310. The summed E-state index contributed by atoms with van der Waals surface area (Å²) in [6.45, 7) is 2.05. The summed E-state index contributed by atoms with van der Waals surface area (Å²) < 4.78 is 14.7. The Labute approximate surface area is 133 Å². The summed E-state index contributed by atoms with van der Waals surface area (Å²) in [6.07, 6.45) is 1.42. The smallest absolute Gasteiger partial charge is 0.186 e. The fourth-order valence-electron chi connectivity index (χ4n) is 2.42. The van der Waals surface area contributed by atoms with Gasteiger partial charge in [-0.1, -0.05) is 35.0 Å². The van der Waals surface area contributed by atoms with Crippen molar-refractivity contribution in [1.82, 2.24) is 15.0 Å². The van der Waals surface area contributed by atoms with Gasteiger partial charge in [-0.25, -0.2) is 9.07 Å². The quantitative estimate of drug-likeness (QED) is 0.742. The molecule has 0 aliphatic heterocycles. The maximum absolute atomic E-state index is 13.1. The zero-order valence-electron chi connectivity index (χ0n) is 12.7. The SMILES string of the molecule is Cc1ccc(CCc2c(C#N)nnn2-c2ccc(F)cc2)cc1. The van der Waals surface area contributed by atoms with E-state index in [9.17, 15) is 9.65 Å². The average molecular weight is 306 g/mol. The number of aromatic nitrogens is 3. The molecule has 4 nitrogen and oxygen atoms in total. The first-order valence-electron chi connectivity index (χ1n) is 7.33. The largest absolute Gasteiger partial charge is 0.216 e. The Balaban J connectivity index is 1.88. The fraction of sp³-hybridized carbons (Fsp3) is 0.167. The monoisotopic (exact) mass is 306 g/mol. The lowest BCUT2D eigenvalue weighted by atomic mass is 10.1. The molecule has 0 aliphatic carbocycles. The van der Waals surface area contributed by atoms with Gasteiger partial charge in [0.1, 0.15) is 11.9 Å². The van der Waals surface area contributed by atoms with Crippen molar-refractivity contribution in [2.24, 2.45) is 0 Å². The van der Waals surface area contributed by atoms with Crippen LogP contribution in [0.2, 0.25) is 0 Å². The van der Waals surface area contributed by atoms with Crippen LogP contribution in [0.4, 0.5) is 4.39 Å². The molecular formula is C18H15FN4. The third-order valence-corrected chi connectivity index (χ3v) is 3.71. The lowest BCUT2D eigenvalue weighted by molar-refractivity contribution is 0.626. The molecule has 0 aliphatic rings. The molecule has 0 unspecified atom stereocenters. The molecule has 0 saturated carbocycles. The van der Waals surface area contributed by atoms with E-state index in [1.54, 1.807) is 16.8 Å². The van der Waals surface area contributed by atoms with E-state index in [0.717, 1.165) is 12.1 Å². The van der Waals surface area contributed by atoms with Crippen LogP contribution in [0.3, 0.4) is 0 Å². The second kappa shape index (κ2) is 6.41. The Bertz CT molecular complexity index is 842. The van der Waals surface area contributed by atoms with Crippen LogP contribution in [0.1, 0.15) is 22.5 Å². The van der Waals surface area contributed by atoms with E-state index in [1.807, 2.05) is 6.92 Å². The van der Waals surface area contributed by atoms with Gasteiger partial charge in [0.25, 0.3) is 0 Å². The van der Waals surface area contributed by atoms with E-state index in [4.69, 9.17) is 0 Å². The third kappa shape index (κ3) is 3.27. The van der Waals surface area contributed by atoms with Crippen LogP contribution in [-0.2, 0) is 12.8 Å². The summed E-state index contributed by atoms with van der Waals surface area (Å²) in [5.74, 6) is -0.310. The topological polar surface area (TPSA) is 54.5 Å². The molecule has 0 fully saturated rings. The molecule has 2 aromatic carbocycles. The summed E-state index contributed by atoms with van der Waals surface area (Å²) in [5, 5.41) is 17.2. The van der Waals surface area contributed by atoms with Crippen LogP contribution < -0.4 is 0 Å². The molecule has 5 heteroatoms. The highest BCUT2D eigenvalue weighted by atomic mass is 19.1. The standard InChI is InChI=1S/C18H15FN4/c1-13-2-4-14(5-3-13)6-11-18-17(12-20)21-22-23(18)16-9-7-15(19)8-10-16/h2-5,7-10H,6,11H2,1H3. The zero-order chi connectivity index (χ0) is 16.2. The van der Waals surface area contributed by atoms with Crippen LogP contribution in [0, 0.1) is 24.1 Å². The van der Waals surface area contributed by atoms with Crippen LogP contribution in [0.15, 0.2) is 48.5 Å². The zero-order valence-corrected chi connectivity index (χ0v) is 12.7. The number of aryl methyl sites for hydroxylation is 2. The first kappa shape index (κ1) is 14.9. The van der Waals surface area contributed by atoms with Crippen molar-refractivity contribution < 1.29 is 4.39 Å². The highest BCUT2D eigenvalue weighted by Gasteiger charge is 2.14. The average Bonchev–Trinajstić information content (AvgIpc) is 2.98. The first-order valence-corrected chi connectivity index (χ1v) is 7.33. The Morgan fingerprint density at radius 1 is 1.04 bits per heavy atom. The van der Waals surface area contributed by atoms with Crippen molar-refractivity contribution in [3.05, 3.63) is 76.9 Å². The second-order valence-electron chi connectivity index (χ2n) is 5.37. The molecule has 0 spiro atoms. The minimum absolute atomic E-state index is 0.307. The number of nitriles is 1. The Hall–Kier alpha value is -3.00. The predicted octanol–water partition coefficient (Wildman–Crippen LogP) is 3.37. The number of halogens is 1. The number of rotatable bonds is 4. The van der Waals surface area contributed by atoms with Gasteiger partial charge in [-0.15, -0.1) is 5.10 Å². The van der Waals surface area contributed by atoms with Crippen LogP contribution in [0.5, 0.6) is 0 Å². The highest BCUT2D eigenvalue weighted by Crippen LogP contribution is 2.16. The minimum Gasteiger partial charge on any atom is -0.216 e. The van der Waals surface area contributed by atoms with E-state index < -0.39 is 0 Å². The third-order valence-electron chi connectivity index (χ3n) is 3.71. The molecule has 3 aromatic rings. The highest BCUT2D eigenvalue weighted by molar-refractivity contribution is 5.37. The van der Waals surface area contributed by atoms with Gasteiger partial charge in [0, 0.05) is 0 Å². The first-order chi connectivity index (χ1) is 11.2. The van der Waals surface area contributed by atoms with Crippen molar-refractivity contribution in [3.63, 3.8) is 0 Å². The van der Waals surface area contributed by atoms with E-state index in [-0.39, 0.29) is 5.82 Å². The summed E-state index contributed by atoms with van der Waals surface area (Å²) in [5.41, 5.74) is 4.14. The van der Waals surface area contributed by atoms with Gasteiger partial charge in [-0.05, 0) is 49.6 Å². The maximum atomic E-state index is 13.1. The van der Waals surface area contributed by atoms with Crippen molar-refractivity contribution in [1.29, 1.82) is 5.26 Å².